The molecule has 0 aliphatic carbocycles. The summed E-state index contributed by atoms with van der Waals surface area (Å²) in [4.78, 5) is 27.6. The Kier molecular flexibility index (Phi) is 5.15. The van der Waals surface area contributed by atoms with Crippen molar-refractivity contribution in [2.75, 3.05) is 46.4 Å². The van der Waals surface area contributed by atoms with Crippen LogP contribution in [0.2, 0.25) is 0 Å². The Hall–Kier alpha value is -1.14. The first-order valence-corrected chi connectivity index (χ1v) is 7.00. The van der Waals surface area contributed by atoms with E-state index in [1.54, 1.807) is 4.90 Å². The van der Waals surface area contributed by atoms with Crippen LogP contribution in [0.5, 0.6) is 0 Å². The molecule has 2 amide bonds. The van der Waals surface area contributed by atoms with E-state index in [-0.39, 0.29) is 24.3 Å². The Morgan fingerprint density at radius 3 is 2.63 bits per heavy atom. The molecule has 0 aromatic carbocycles. The molecular formula is C13H23N3O3. The normalized spacial score (nSPS) is 24.5. The second kappa shape index (κ2) is 6.86. The molecule has 6 nitrogen and oxygen atoms in total. The Morgan fingerprint density at radius 1 is 1.26 bits per heavy atom. The van der Waals surface area contributed by atoms with Crippen LogP contribution in [0.15, 0.2) is 0 Å². The van der Waals surface area contributed by atoms with Gasteiger partial charge in [0.25, 0.3) is 0 Å². The highest BCUT2D eigenvalue weighted by Crippen LogP contribution is 2.10. The lowest BCUT2D eigenvalue weighted by atomic mass is 10.2. The minimum Gasteiger partial charge on any atom is -0.376 e. The van der Waals surface area contributed by atoms with Crippen molar-refractivity contribution >= 4 is 11.8 Å². The van der Waals surface area contributed by atoms with Crippen LogP contribution in [0.25, 0.3) is 0 Å². The van der Waals surface area contributed by atoms with Gasteiger partial charge in [-0.25, -0.2) is 0 Å². The highest BCUT2D eigenvalue weighted by Gasteiger charge is 2.22. The van der Waals surface area contributed by atoms with Crippen LogP contribution >= 0.6 is 0 Å². The Morgan fingerprint density at radius 2 is 2.00 bits per heavy atom. The second-order valence-electron chi connectivity index (χ2n) is 5.30. The molecule has 1 unspecified atom stereocenters. The van der Waals surface area contributed by atoms with Gasteiger partial charge in [0.2, 0.25) is 11.8 Å². The number of nitrogens with one attached hydrogen (secondary N) is 1. The van der Waals surface area contributed by atoms with Gasteiger partial charge in [0.15, 0.2) is 0 Å². The van der Waals surface area contributed by atoms with Crippen molar-refractivity contribution in [3.05, 3.63) is 0 Å². The summed E-state index contributed by atoms with van der Waals surface area (Å²) in [5.74, 6) is -0.266. The number of carbonyl (C=O) groups is 2. The smallest absolute Gasteiger partial charge is 0.232 e. The quantitative estimate of drug-likeness (QED) is 0.695. The third-order valence-electron chi connectivity index (χ3n) is 3.72. The zero-order valence-electron chi connectivity index (χ0n) is 11.6. The van der Waals surface area contributed by atoms with Crippen molar-refractivity contribution in [2.24, 2.45) is 0 Å². The van der Waals surface area contributed by atoms with E-state index in [1.807, 2.05) is 7.05 Å². The molecule has 1 atom stereocenters. The summed E-state index contributed by atoms with van der Waals surface area (Å²) in [5.41, 5.74) is 0. The summed E-state index contributed by atoms with van der Waals surface area (Å²) in [6.45, 7) is 4.49. The lowest BCUT2D eigenvalue weighted by molar-refractivity contribution is -0.137. The molecule has 0 bridgehead atoms. The fraction of sp³-hybridized carbons (Fsp3) is 0.846. The molecule has 1 N–H and O–H groups in total. The standard InChI is InChI=1S/C13H23N3O3/c1-15-4-6-16(7-5-15)13(18)9-12(17)14-10-11-3-2-8-19-11/h11H,2-10H2,1H3,(H,14,17). The van der Waals surface area contributed by atoms with Gasteiger partial charge < -0.3 is 19.9 Å². The Labute approximate surface area is 114 Å². The molecule has 6 heteroatoms. The van der Waals surface area contributed by atoms with E-state index in [1.165, 1.54) is 0 Å². The summed E-state index contributed by atoms with van der Waals surface area (Å²) >= 11 is 0. The summed E-state index contributed by atoms with van der Waals surface area (Å²) < 4.78 is 5.42. The van der Waals surface area contributed by atoms with Gasteiger partial charge in [-0.3, -0.25) is 9.59 Å². The van der Waals surface area contributed by atoms with Crippen LogP contribution in [-0.4, -0.2) is 74.1 Å². The SMILES string of the molecule is CN1CCN(C(=O)CC(=O)NCC2CCCO2)CC1. The highest BCUT2D eigenvalue weighted by molar-refractivity contribution is 5.96. The van der Waals surface area contributed by atoms with Crippen molar-refractivity contribution in [1.29, 1.82) is 0 Å². The van der Waals surface area contributed by atoms with Gasteiger partial charge in [-0.2, -0.15) is 0 Å². The molecule has 0 radical (unpaired) electrons. The number of piperazine rings is 1. The predicted molar refractivity (Wildman–Crippen MR) is 70.7 cm³/mol. The van der Waals surface area contributed by atoms with E-state index in [0.717, 1.165) is 32.5 Å². The van der Waals surface area contributed by atoms with Gasteiger partial charge in [0, 0.05) is 39.3 Å². The average Bonchev–Trinajstić information content (AvgIpc) is 2.90. The number of hydrogen-bond donors (Lipinski definition) is 1. The first-order chi connectivity index (χ1) is 9.15. The van der Waals surface area contributed by atoms with E-state index < -0.39 is 0 Å². The first-order valence-electron chi connectivity index (χ1n) is 7.00. The van der Waals surface area contributed by atoms with Crippen LogP contribution < -0.4 is 5.32 Å². The maximum Gasteiger partial charge on any atom is 0.232 e. The van der Waals surface area contributed by atoms with Gasteiger partial charge >= 0.3 is 0 Å². The largest absolute Gasteiger partial charge is 0.376 e. The third-order valence-corrected chi connectivity index (χ3v) is 3.72. The van der Waals surface area contributed by atoms with Crippen molar-refractivity contribution in [3.63, 3.8) is 0 Å². The molecule has 19 heavy (non-hydrogen) atoms. The third kappa shape index (κ3) is 4.47. The van der Waals surface area contributed by atoms with Crippen molar-refractivity contribution in [3.8, 4) is 0 Å². The van der Waals surface area contributed by atoms with Crippen LogP contribution in [-0.2, 0) is 14.3 Å². The second-order valence-corrected chi connectivity index (χ2v) is 5.30. The molecular weight excluding hydrogens is 246 g/mol. The number of rotatable bonds is 4. The molecule has 2 fully saturated rings. The van der Waals surface area contributed by atoms with Crippen LogP contribution in [0.4, 0.5) is 0 Å². The van der Waals surface area contributed by atoms with E-state index >= 15 is 0 Å². The zero-order valence-corrected chi connectivity index (χ0v) is 11.6. The monoisotopic (exact) mass is 269 g/mol. The van der Waals surface area contributed by atoms with E-state index in [0.29, 0.717) is 19.6 Å². The summed E-state index contributed by atoms with van der Waals surface area (Å²) in [6, 6.07) is 0. The molecule has 2 aliphatic rings. The van der Waals surface area contributed by atoms with E-state index in [9.17, 15) is 9.59 Å². The van der Waals surface area contributed by atoms with Crippen LogP contribution in [0.3, 0.4) is 0 Å². The summed E-state index contributed by atoms with van der Waals surface area (Å²) in [6.07, 6.45) is 2.13. The number of likely N-dealkylation sites (N-methyl/N-ethyl adjacent to an activating group) is 1. The minimum atomic E-state index is -0.195. The maximum absolute atomic E-state index is 11.9. The molecule has 0 spiro atoms. The lowest BCUT2D eigenvalue weighted by Gasteiger charge is -2.32. The Bertz CT molecular complexity index is 321. The van der Waals surface area contributed by atoms with Gasteiger partial charge in [0.1, 0.15) is 6.42 Å². The number of ether oxygens (including phenoxy) is 1. The minimum absolute atomic E-state index is 0.0452. The molecule has 2 saturated heterocycles. The zero-order chi connectivity index (χ0) is 13.7. The number of carbonyl (C=O) groups excluding carboxylic acids is 2. The topological polar surface area (TPSA) is 61.9 Å². The van der Waals surface area contributed by atoms with E-state index in [4.69, 9.17) is 4.74 Å². The van der Waals surface area contributed by atoms with E-state index in [2.05, 4.69) is 10.2 Å². The molecule has 2 aliphatic heterocycles. The average molecular weight is 269 g/mol. The van der Waals surface area contributed by atoms with Gasteiger partial charge in [0.05, 0.1) is 6.10 Å². The molecule has 108 valence electrons. The fourth-order valence-corrected chi connectivity index (χ4v) is 2.40. The molecule has 0 aromatic rings. The number of nitrogens with zero attached hydrogens (tertiary/aromatic N) is 2. The van der Waals surface area contributed by atoms with Crippen LogP contribution in [0, 0.1) is 0 Å². The predicted octanol–water partition coefficient (Wildman–Crippen LogP) is -0.554. The molecule has 2 heterocycles. The van der Waals surface area contributed by atoms with Gasteiger partial charge in [-0.1, -0.05) is 0 Å². The number of hydrogen-bond acceptors (Lipinski definition) is 4. The van der Waals surface area contributed by atoms with Crippen molar-refractivity contribution < 1.29 is 14.3 Å². The molecule has 2 rings (SSSR count). The Balaban J connectivity index is 1.65. The lowest BCUT2D eigenvalue weighted by Crippen LogP contribution is -2.48. The van der Waals surface area contributed by atoms with Crippen LogP contribution in [0.1, 0.15) is 19.3 Å². The number of amides is 2. The highest BCUT2D eigenvalue weighted by atomic mass is 16.5. The first kappa shape index (κ1) is 14.3. The van der Waals surface area contributed by atoms with Crippen molar-refractivity contribution in [2.45, 2.75) is 25.4 Å². The van der Waals surface area contributed by atoms with Gasteiger partial charge in [-0.05, 0) is 19.9 Å². The fourth-order valence-electron chi connectivity index (χ4n) is 2.40. The van der Waals surface area contributed by atoms with Crippen molar-refractivity contribution in [1.82, 2.24) is 15.1 Å². The summed E-state index contributed by atoms with van der Waals surface area (Å²) in [5, 5.41) is 2.78. The van der Waals surface area contributed by atoms with Gasteiger partial charge in [-0.15, -0.1) is 0 Å². The molecule has 0 saturated carbocycles. The molecule has 0 aromatic heterocycles. The maximum atomic E-state index is 11.9. The summed E-state index contributed by atoms with van der Waals surface area (Å²) in [7, 11) is 2.04.